The molecule has 5 nitrogen and oxygen atoms in total. The molecule has 0 fully saturated rings. The Kier molecular flexibility index (Phi) is 5.96. The average Bonchev–Trinajstić information content (AvgIpc) is 2.36. The van der Waals surface area contributed by atoms with Gasteiger partial charge in [-0.2, -0.15) is 5.26 Å². The summed E-state index contributed by atoms with van der Waals surface area (Å²) in [6, 6.07) is 5.64. The number of nitrogens with one attached hydrogen (secondary N) is 1. The summed E-state index contributed by atoms with van der Waals surface area (Å²) in [4.78, 5) is -0.0413. The van der Waals surface area contributed by atoms with E-state index < -0.39 is 10.0 Å². The summed E-state index contributed by atoms with van der Waals surface area (Å²) in [5.41, 5.74) is 5.90. The van der Waals surface area contributed by atoms with Gasteiger partial charge in [-0.25, -0.2) is 13.1 Å². The Bertz CT molecular complexity index is 609. The first kappa shape index (κ1) is 16.9. The molecular weight excluding hydrogens is 298 g/mol. The summed E-state index contributed by atoms with van der Waals surface area (Å²) in [6.45, 7) is 4.20. The molecule has 1 aromatic rings. The number of benzene rings is 1. The smallest absolute Gasteiger partial charge is 0.242 e. The number of nitriles is 1. The van der Waals surface area contributed by atoms with Gasteiger partial charge in [0.15, 0.2) is 0 Å². The SMILES string of the molecule is CC(C)CC(CN)NS(=O)(=O)c1ccc(C#N)cc1Cl. The zero-order chi connectivity index (χ0) is 15.3. The molecule has 0 saturated carbocycles. The number of nitrogens with two attached hydrogens (primary N) is 1. The highest BCUT2D eigenvalue weighted by Crippen LogP contribution is 2.23. The quantitative estimate of drug-likeness (QED) is 0.837. The van der Waals surface area contributed by atoms with Crippen LogP contribution in [0.3, 0.4) is 0 Å². The van der Waals surface area contributed by atoms with Crippen molar-refractivity contribution in [2.24, 2.45) is 11.7 Å². The zero-order valence-corrected chi connectivity index (χ0v) is 13.0. The maximum atomic E-state index is 12.3. The molecule has 110 valence electrons. The summed E-state index contributed by atoms with van der Waals surface area (Å²) >= 11 is 5.92. The Balaban J connectivity index is 3.02. The minimum Gasteiger partial charge on any atom is -0.329 e. The van der Waals surface area contributed by atoms with E-state index in [-0.39, 0.29) is 22.5 Å². The van der Waals surface area contributed by atoms with Gasteiger partial charge in [-0.05, 0) is 30.5 Å². The van der Waals surface area contributed by atoms with Crippen LogP contribution in [0.15, 0.2) is 23.1 Å². The fourth-order valence-corrected chi connectivity index (χ4v) is 3.64. The lowest BCUT2D eigenvalue weighted by molar-refractivity contribution is 0.465. The van der Waals surface area contributed by atoms with Crippen LogP contribution in [0, 0.1) is 17.2 Å². The molecule has 0 saturated heterocycles. The molecule has 0 heterocycles. The Labute approximate surface area is 124 Å². The number of hydrogen-bond donors (Lipinski definition) is 2. The molecule has 0 aliphatic heterocycles. The standard InChI is InChI=1S/C13H18ClN3O2S/c1-9(2)5-11(8-16)17-20(18,19)13-4-3-10(7-15)6-12(13)14/h3-4,6,9,11,17H,5,8,16H2,1-2H3. The third kappa shape index (κ3) is 4.46. The van der Waals surface area contributed by atoms with E-state index in [0.29, 0.717) is 17.9 Å². The van der Waals surface area contributed by atoms with Crippen LogP contribution in [0.1, 0.15) is 25.8 Å². The lowest BCUT2D eigenvalue weighted by Crippen LogP contribution is -2.41. The molecule has 20 heavy (non-hydrogen) atoms. The predicted molar refractivity (Wildman–Crippen MR) is 78.8 cm³/mol. The topological polar surface area (TPSA) is 96.0 Å². The molecule has 0 amide bonds. The van der Waals surface area contributed by atoms with Crippen LogP contribution in [0.5, 0.6) is 0 Å². The molecule has 3 N–H and O–H groups in total. The fraction of sp³-hybridized carbons (Fsp3) is 0.462. The van der Waals surface area contributed by atoms with Gasteiger partial charge in [-0.3, -0.25) is 0 Å². The van der Waals surface area contributed by atoms with Crippen molar-refractivity contribution in [2.75, 3.05) is 6.54 Å². The third-order valence-electron chi connectivity index (χ3n) is 2.71. The molecule has 0 aromatic heterocycles. The molecule has 1 aromatic carbocycles. The van der Waals surface area contributed by atoms with Crippen molar-refractivity contribution in [1.29, 1.82) is 5.26 Å². The van der Waals surface area contributed by atoms with E-state index >= 15 is 0 Å². The number of halogens is 1. The van der Waals surface area contributed by atoms with Crippen molar-refractivity contribution >= 4 is 21.6 Å². The van der Waals surface area contributed by atoms with Crippen molar-refractivity contribution < 1.29 is 8.42 Å². The van der Waals surface area contributed by atoms with Crippen LogP contribution in [0.4, 0.5) is 0 Å². The Morgan fingerprint density at radius 1 is 1.45 bits per heavy atom. The van der Waals surface area contributed by atoms with Crippen LogP contribution in [0.25, 0.3) is 0 Å². The van der Waals surface area contributed by atoms with Gasteiger partial charge in [0.25, 0.3) is 0 Å². The van der Waals surface area contributed by atoms with Gasteiger partial charge in [0.2, 0.25) is 10.0 Å². The Morgan fingerprint density at radius 2 is 2.10 bits per heavy atom. The molecule has 0 aliphatic rings. The molecule has 0 radical (unpaired) electrons. The summed E-state index contributed by atoms with van der Waals surface area (Å²) in [5.74, 6) is 0.322. The fourth-order valence-electron chi connectivity index (χ4n) is 1.83. The van der Waals surface area contributed by atoms with E-state index in [1.165, 1.54) is 18.2 Å². The highest BCUT2D eigenvalue weighted by Gasteiger charge is 2.22. The summed E-state index contributed by atoms with van der Waals surface area (Å²) in [6.07, 6.45) is 0.642. The summed E-state index contributed by atoms with van der Waals surface area (Å²) < 4.78 is 27.1. The monoisotopic (exact) mass is 315 g/mol. The highest BCUT2D eigenvalue weighted by atomic mass is 35.5. The summed E-state index contributed by atoms with van der Waals surface area (Å²) in [5, 5.41) is 8.77. The van der Waals surface area contributed by atoms with Gasteiger partial charge < -0.3 is 5.73 Å². The van der Waals surface area contributed by atoms with Gasteiger partial charge in [0.1, 0.15) is 4.90 Å². The molecule has 1 atom stereocenters. The number of hydrogen-bond acceptors (Lipinski definition) is 4. The predicted octanol–water partition coefficient (Wildman–Crippen LogP) is 1.86. The first-order valence-corrected chi connectivity index (χ1v) is 8.08. The van der Waals surface area contributed by atoms with E-state index in [0.717, 1.165) is 0 Å². The zero-order valence-electron chi connectivity index (χ0n) is 11.4. The molecular formula is C13H18ClN3O2S. The average molecular weight is 316 g/mol. The van der Waals surface area contributed by atoms with Crippen LogP contribution in [-0.4, -0.2) is 21.0 Å². The van der Waals surface area contributed by atoms with Crippen molar-refractivity contribution in [3.05, 3.63) is 28.8 Å². The Hall–Kier alpha value is -1.13. The second-order valence-corrected chi connectivity index (χ2v) is 7.03. The lowest BCUT2D eigenvalue weighted by Gasteiger charge is -2.19. The van der Waals surface area contributed by atoms with E-state index in [9.17, 15) is 8.42 Å². The molecule has 7 heteroatoms. The molecule has 0 bridgehead atoms. The van der Waals surface area contributed by atoms with Gasteiger partial charge in [0, 0.05) is 12.6 Å². The van der Waals surface area contributed by atoms with Gasteiger partial charge in [0.05, 0.1) is 16.7 Å². The Morgan fingerprint density at radius 3 is 2.55 bits per heavy atom. The first-order chi connectivity index (χ1) is 9.30. The number of rotatable bonds is 6. The minimum atomic E-state index is -3.74. The van der Waals surface area contributed by atoms with E-state index in [1.807, 2.05) is 19.9 Å². The van der Waals surface area contributed by atoms with E-state index in [4.69, 9.17) is 22.6 Å². The molecule has 1 unspecified atom stereocenters. The van der Waals surface area contributed by atoms with E-state index in [2.05, 4.69) is 4.72 Å². The van der Waals surface area contributed by atoms with Gasteiger partial charge >= 0.3 is 0 Å². The normalized spacial score (nSPS) is 13.2. The maximum absolute atomic E-state index is 12.3. The van der Waals surface area contributed by atoms with Crippen molar-refractivity contribution in [2.45, 2.75) is 31.2 Å². The van der Waals surface area contributed by atoms with Crippen molar-refractivity contribution in [1.82, 2.24) is 4.72 Å². The number of sulfonamides is 1. The van der Waals surface area contributed by atoms with Crippen molar-refractivity contribution in [3.8, 4) is 6.07 Å². The minimum absolute atomic E-state index is 0.0249. The molecule has 0 spiro atoms. The van der Waals surface area contributed by atoms with Crippen LogP contribution < -0.4 is 10.5 Å². The highest BCUT2D eigenvalue weighted by molar-refractivity contribution is 7.89. The van der Waals surface area contributed by atoms with Gasteiger partial charge in [-0.1, -0.05) is 25.4 Å². The summed E-state index contributed by atoms with van der Waals surface area (Å²) in [7, 11) is -3.74. The lowest BCUT2D eigenvalue weighted by atomic mass is 10.1. The largest absolute Gasteiger partial charge is 0.329 e. The number of nitrogens with zero attached hydrogens (tertiary/aromatic N) is 1. The van der Waals surface area contributed by atoms with Crippen LogP contribution in [-0.2, 0) is 10.0 Å². The van der Waals surface area contributed by atoms with Crippen LogP contribution in [0.2, 0.25) is 5.02 Å². The second-order valence-electron chi connectivity index (χ2n) is 4.94. The van der Waals surface area contributed by atoms with Crippen LogP contribution >= 0.6 is 11.6 Å². The molecule has 0 aliphatic carbocycles. The first-order valence-electron chi connectivity index (χ1n) is 6.22. The second kappa shape index (κ2) is 7.04. The maximum Gasteiger partial charge on any atom is 0.242 e. The van der Waals surface area contributed by atoms with Crippen molar-refractivity contribution in [3.63, 3.8) is 0 Å². The third-order valence-corrected chi connectivity index (χ3v) is 4.72. The van der Waals surface area contributed by atoms with E-state index in [1.54, 1.807) is 0 Å². The van der Waals surface area contributed by atoms with Gasteiger partial charge in [-0.15, -0.1) is 0 Å². The molecule has 1 rings (SSSR count).